The van der Waals surface area contributed by atoms with E-state index in [0.29, 0.717) is 0 Å². The van der Waals surface area contributed by atoms with Crippen molar-refractivity contribution in [1.82, 2.24) is 4.90 Å². The number of rotatable bonds is 19. The molecule has 0 aliphatic heterocycles. The number of aliphatic carboxylic acids is 1. The van der Waals surface area contributed by atoms with E-state index in [1.165, 1.54) is 56.3 Å². The maximum absolute atomic E-state index is 12.2. The van der Waals surface area contributed by atoms with E-state index in [2.05, 4.69) is 6.92 Å². The molecule has 1 atom stereocenters. The van der Waals surface area contributed by atoms with E-state index in [-0.39, 0.29) is 38.6 Å². The molecule has 1 amide bonds. The summed E-state index contributed by atoms with van der Waals surface area (Å²) in [6, 6.07) is 0. The number of hydrogen-bond acceptors (Lipinski definition) is 4. The molecular weight excluding hydrogens is 358 g/mol. The van der Waals surface area contributed by atoms with E-state index in [0.717, 1.165) is 19.3 Å². The lowest BCUT2D eigenvalue weighted by molar-refractivity contribution is -0.144. The van der Waals surface area contributed by atoms with Crippen molar-refractivity contribution in [1.29, 1.82) is 0 Å². The highest BCUT2D eigenvalue weighted by Gasteiger charge is 2.21. The van der Waals surface area contributed by atoms with Crippen LogP contribution in [-0.2, 0) is 9.59 Å². The van der Waals surface area contributed by atoms with Crippen molar-refractivity contribution in [3.05, 3.63) is 12.2 Å². The molecule has 1 unspecified atom stereocenters. The largest absolute Gasteiger partial charge is 0.481 e. The molecule has 0 fully saturated rings. The van der Waals surface area contributed by atoms with E-state index < -0.39 is 11.9 Å². The van der Waals surface area contributed by atoms with Crippen molar-refractivity contribution >= 4 is 11.9 Å². The fourth-order valence-corrected chi connectivity index (χ4v) is 3.17. The number of carboxylic acids is 1. The number of carbonyl (C=O) groups excluding carboxylic acids is 1. The molecule has 0 rings (SSSR count). The zero-order valence-electron chi connectivity index (χ0n) is 17.7. The van der Waals surface area contributed by atoms with Crippen LogP contribution in [0.15, 0.2) is 12.2 Å². The van der Waals surface area contributed by atoms with E-state index >= 15 is 0 Å². The standard InChI is InChI=1S/C22H41NO5/c1-2-3-4-5-6-7-8-9-10-11-12-13-14-20(22(27)28)19-21(26)23(15-17-24)16-18-25/h13-14,20,24-25H,2-12,15-19H2,1H3,(H,27,28). The van der Waals surface area contributed by atoms with Gasteiger partial charge in [-0.05, 0) is 12.8 Å². The Labute approximate surface area is 170 Å². The minimum atomic E-state index is -1.03. The fourth-order valence-electron chi connectivity index (χ4n) is 3.17. The van der Waals surface area contributed by atoms with Crippen LogP contribution in [0.1, 0.15) is 84.0 Å². The first-order chi connectivity index (χ1) is 13.6. The smallest absolute Gasteiger partial charge is 0.310 e. The molecule has 164 valence electrons. The highest BCUT2D eigenvalue weighted by atomic mass is 16.4. The SMILES string of the molecule is CCCCCCCCCCCCC=CC(CC(=O)N(CCO)CCO)C(=O)O. The van der Waals surface area contributed by atoms with Crippen LogP contribution in [0.3, 0.4) is 0 Å². The summed E-state index contributed by atoms with van der Waals surface area (Å²) in [7, 11) is 0. The highest BCUT2D eigenvalue weighted by molar-refractivity contribution is 5.83. The Bertz CT molecular complexity index is 419. The van der Waals surface area contributed by atoms with E-state index in [1.54, 1.807) is 6.08 Å². The van der Waals surface area contributed by atoms with Crippen molar-refractivity contribution < 1.29 is 24.9 Å². The normalized spacial score (nSPS) is 12.4. The van der Waals surface area contributed by atoms with Crippen molar-refractivity contribution in [3.8, 4) is 0 Å². The molecule has 0 bridgehead atoms. The quantitative estimate of drug-likeness (QED) is 0.227. The van der Waals surface area contributed by atoms with E-state index in [9.17, 15) is 14.7 Å². The molecule has 3 N–H and O–H groups in total. The van der Waals surface area contributed by atoms with Gasteiger partial charge in [0.2, 0.25) is 5.91 Å². The van der Waals surface area contributed by atoms with Crippen LogP contribution in [0.4, 0.5) is 0 Å². The van der Waals surface area contributed by atoms with Gasteiger partial charge in [0.1, 0.15) is 0 Å². The van der Waals surface area contributed by atoms with Crippen molar-refractivity contribution in [2.75, 3.05) is 26.3 Å². The first-order valence-electron chi connectivity index (χ1n) is 11.0. The van der Waals surface area contributed by atoms with Crippen LogP contribution in [0.25, 0.3) is 0 Å². The molecule has 0 aliphatic rings. The number of aliphatic hydroxyl groups excluding tert-OH is 2. The Kier molecular flexibility index (Phi) is 18.0. The third-order valence-corrected chi connectivity index (χ3v) is 4.90. The van der Waals surface area contributed by atoms with Gasteiger partial charge in [0.15, 0.2) is 0 Å². The van der Waals surface area contributed by atoms with Crippen LogP contribution < -0.4 is 0 Å². The second-order valence-corrected chi connectivity index (χ2v) is 7.38. The van der Waals surface area contributed by atoms with Gasteiger partial charge in [-0.15, -0.1) is 0 Å². The number of carbonyl (C=O) groups is 2. The van der Waals surface area contributed by atoms with Crippen LogP contribution in [0, 0.1) is 5.92 Å². The summed E-state index contributed by atoms with van der Waals surface area (Å²) in [5.74, 6) is -2.25. The van der Waals surface area contributed by atoms with Gasteiger partial charge in [-0.25, -0.2) is 0 Å². The van der Waals surface area contributed by atoms with Gasteiger partial charge in [-0.3, -0.25) is 9.59 Å². The summed E-state index contributed by atoms with van der Waals surface area (Å²) < 4.78 is 0. The molecule has 6 nitrogen and oxygen atoms in total. The molecule has 0 aromatic heterocycles. The predicted octanol–water partition coefficient (Wildman–Crippen LogP) is 3.76. The summed E-state index contributed by atoms with van der Waals surface area (Å²) in [5, 5.41) is 27.3. The minimum absolute atomic E-state index is 0.105. The summed E-state index contributed by atoms with van der Waals surface area (Å²) in [6.07, 6.45) is 16.8. The molecule has 0 aromatic carbocycles. The number of hydrogen-bond donors (Lipinski definition) is 3. The zero-order valence-corrected chi connectivity index (χ0v) is 17.7. The number of amides is 1. The van der Waals surface area contributed by atoms with Crippen LogP contribution in [0.5, 0.6) is 0 Å². The fraction of sp³-hybridized carbons (Fsp3) is 0.818. The van der Waals surface area contributed by atoms with Gasteiger partial charge in [-0.2, -0.15) is 0 Å². The molecule has 28 heavy (non-hydrogen) atoms. The Morgan fingerprint density at radius 1 is 0.857 bits per heavy atom. The van der Waals surface area contributed by atoms with Crippen molar-refractivity contribution in [2.24, 2.45) is 5.92 Å². The van der Waals surface area contributed by atoms with E-state index in [1.807, 2.05) is 6.08 Å². The lowest BCUT2D eigenvalue weighted by Gasteiger charge is -2.21. The zero-order chi connectivity index (χ0) is 21.0. The highest BCUT2D eigenvalue weighted by Crippen LogP contribution is 2.13. The van der Waals surface area contributed by atoms with Gasteiger partial charge in [0.25, 0.3) is 0 Å². The Morgan fingerprint density at radius 2 is 1.36 bits per heavy atom. The lowest BCUT2D eigenvalue weighted by atomic mass is 10.0. The summed E-state index contributed by atoms with van der Waals surface area (Å²) in [5.41, 5.74) is 0. The molecule has 0 saturated carbocycles. The first-order valence-corrected chi connectivity index (χ1v) is 11.0. The van der Waals surface area contributed by atoms with Crippen molar-refractivity contribution in [2.45, 2.75) is 84.0 Å². The molecule has 6 heteroatoms. The molecule has 0 aliphatic carbocycles. The summed E-state index contributed by atoms with van der Waals surface area (Å²) in [4.78, 5) is 24.8. The monoisotopic (exact) mass is 399 g/mol. The maximum Gasteiger partial charge on any atom is 0.310 e. The average Bonchev–Trinajstić information content (AvgIpc) is 2.67. The van der Waals surface area contributed by atoms with Crippen LogP contribution >= 0.6 is 0 Å². The Balaban J connectivity index is 3.99. The maximum atomic E-state index is 12.2. The van der Waals surface area contributed by atoms with Crippen molar-refractivity contribution in [3.63, 3.8) is 0 Å². The lowest BCUT2D eigenvalue weighted by Crippen LogP contribution is -2.37. The second kappa shape index (κ2) is 18.9. The third-order valence-electron chi connectivity index (χ3n) is 4.90. The van der Waals surface area contributed by atoms with E-state index in [4.69, 9.17) is 10.2 Å². The number of allylic oxidation sites excluding steroid dienone is 1. The third kappa shape index (κ3) is 14.6. The van der Waals surface area contributed by atoms with Gasteiger partial charge >= 0.3 is 5.97 Å². The topological polar surface area (TPSA) is 98.1 Å². The Morgan fingerprint density at radius 3 is 1.82 bits per heavy atom. The number of nitrogens with zero attached hydrogens (tertiary/aromatic N) is 1. The van der Waals surface area contributed by atoms with Crippen LogP contribution in [-0.4, -0.2) is 58.4 Å². The van der Waals surface area contributed by atoms with Gasteiger partial charge in [0, 0.05) is 19.5 Å². The van der Waals surface area contributed by atoms with Gasteiger partial charge in [0.05, 0.1) is 19.1 Å². The molecule has 0 heterocycles. The summed E-state index contributed by atoms with van der Waals surface area (Å²) >= 11 is 0. The number of unbranched alkanes of at least 4 members (excludes halogenated alkanes) is 10. The first kappa shape index (κ1) is 26.6. The van der Waals surface area contributed by atoms with Gasteiger partial charge < -0.3 is 20.2 Å². The molecule has 0 spiro atoms. The number of carboxylic acid groups (broad SMARTS) is 1. The molecule has 0 aromatic rings. The minimum Gasteiger partial charge on any atom is -0.481 e. The molecule has 0 radical (unpaired) electrons. The Hall–Kier alpha value is -1.40. The second-order valence-electron chi connectivity index (χ2n) is 7.38. The van der Waals surface area contributed by atoms with Gasteiger partial charge in [-0.1, -0.05) is 76.9 Å². The number of aliphatic hydroxyl groups is 2. The molecule has 0 saturated heterocycles. The van der Waals surface area contributed by atoms with Crippen LogP contribution in [0.2, 0.25) is 0 Å². The predicted molar refractivity (Wildman–Crippen MR) is 112 cm³/mol. The molecular formula is C22H41NO5. The average molecular weight is 400 g/mol. The summed E-state index contributed by atoms with van der Waals surface area (Å²) in [6.45, 7) is 2.02.